The smallest absolute Gasteiger partial charge is 0.290 e. The van der Waals surface area contributed by atoms with Gasteiger partial charge in [-0.2, -0.15) is 11.8 Å². The number of carbonyl (C=O) groups is 1. The SMILES string of the molecule is O=C(c1cc(=O)c2ccccc2o1)N1CCCSCC1CN1CCCC1. The zero-order chi connectivity index (χ0) is 17.9. The number of carbonyl (C=O) groups excluding carboxylic acids is 1. The number of nitrogens with zero attached hydrogens (tertiary/aromatic N) is 2. The molecule has 0 radical (unpaired) electrons. The first-order valence-electron chi connectivity index (χ1n) is 9.36. The van der Waals surface area contributed by atoms with Crippen LogP contribution in [0.1, 0.15) is 29.8 Å². The molecule has 2 aliphatic heterocycles. The van der Waals surface area contributed by atoms with Gasteiger partial charge in [-0.05, 0) is 50.2 Å². The highest BCUT2D eigenvalue weighted by atomic mass is 32.2. The standard InChI is InChI=1S/C20H24N2O3S/c23-17-12-19(25-18-7-2-1-6-16(17)18)20(24)22-10-5-11-26-14-15(22)13-21-8-3-4-9-21/h1-2,6-7,12,15H,3-5,8-11,13-14H2. The highest BCUT2D eigenvalue weighted by Gasteiger charge is 2.30. The molecule has 4 rings (SSSR count). The van der Waals surface area contributed by atoms with Crippen molar-refractivity contribution in [2.24, 2.45) is 0 Å². The number of likely N-dealkylation sites (tertiary alicyclic amines) is 1. The molecule has 0 aliphatic carbocycles. The molecule has 0 spiro atoms. The summed E-state index contributed by atoms with van der Waals surface area (Å²) in [5, 5.41) is 0.518. The van der Waals surface area contributed by atoms with Gasteiger partial charge in [-0.15, -0.1) is 0 Å². The number of fused-ring (bicyclic) bond motifs is 1. The van der Waals surface area contributed by atoms with Gasteiger partial charge in [0, 0.05) is 24.9 Å². The first-order valence-corrected chi connectivity index (χ1v) is 10.5. The molecule has 0 N–H and O–H groups in total. The predicted octanol–water partition coefficient (Wildman–Crippen LogP) is 2.84. The van der Waals surface area contributed by atoms with Crippen molar-refractivity contribution in [1.29, 1.82) is 0 Å². The minimum absolute atomic E-state index is 0.153. The first kappa shape index (κ1) is 17.6. The molecule has 138 valence electrons. The van der Waals surface area contributed by atoms with Crippen LogP contribution in [0, 0.1) is 0 Å². The lowest BCUT2D eigenvalue weighted by Crippen LogP contribution is -2.47. The number of benzene rings is 1. The maximum absolute atomic E-state index is 13.2. The van der Waals surface area contributed by atoms with Crippen molar-refractivity contribution in [2.45, 2.75) is 25.3 Å². The Bertz CT molecular complexity index is 844. The van der Waals surface area contributed by atoms with Gasteiger partial charge in [-0.3, -0.25) is 9.59 Å². The Balaban J connectivity index is 1.62. The third-order valence-corrected chi connectivity index (χ3v) is 6.41. The summed E-state index contributed by atoms with van der Waals surface area (Å²) >= 11 is 1.92. The minimum Gasteiger partial charge on any atom is -0.451 e. The average Bonchev–Trinajstić information content (AvgIpc) is 3.06. The van der Waals surface area contributed by atoms with Crippen molar-refractivity contribution in [3.63, 3.8) is 0 Å². The van der Waals surface area contributed by atoms with Crippen molar-refractivity contribution in [1.82, 2.24) is 9.80 Å². The number of para-hydroxylation sites is 1. The topological polar surface area (TPSA) is 53.8 Å². The molecule has 0 bridgehead atoms. The van der Waals surface area contributed by atoms with E-state index in [9.17, 15) is 9.59 Å². The Morgan fingerprint density at radius 1 is 1.15 bits per heavy atom. The fourth-order valence-corrected chi connectivity index (χ4v) is 4.92. The van der Waals surface area contributed by atoms with E-state index in [-0.39, 0.29) is 23.1 Å². The van der Waals surface area contributed by atoms with Crippen LogP contribution in [0.3, 0.4) is 0 Å². The molecule has 2 fully saturated rings. The Kier molecular flexibility index (Phi) is 5.31. The third-order valence-electron chi connectivity index (χ3n) is 5.21. The maximum Gasteiger partial charge on any atom is 0.290 e. The summed E-state index contributed by atoms with van der Waals surface area (Å²) in [6.07, 6.45) is 3.46. The summed E-state index contributed by atoms with van der Waals surface area (Å²) in [4.78, 5) is 30.0. The van der Waals surface area contributed by atoms with E-state index in [1.165, 1.54) is 18.9 Å². The molecular formula is C20H24N2O3S. The second kappa shape index (κ2) is 7.84. The van der Waals surface area contributed by atoms with E-state index >= 15 is 0 Å². The van der Waals surface area contributed by atoms with E-state index in [4.69, 9.17) is 4.42 Å². The lowest BCUT2D eigenvalue weighted by atomic mass is 10.2. The molecule has 1 aromatic heterocycles. The van der Waals surface area contributed by atoms with Gasteiger partial charge in [0.2, 0.25) is 0 Å². The van der Waals surface area contributed by atoms with Gasteiger partial charge in [0.15, 0.2) is 11.2 Å². The third kappa shape index (κ3) is 3.67. The molecule has 1 atom stereocenters. The van der Waals surface area contributed by atoms with Gasteiger partial charge in [0.25, 0.3) is 5.91 Å². The number of rotatable bonds is 3. The molecule has 6 heteroatoms. The average molecular weight is 372 g/mol. The van der Waals surface area contributed by atoms with Crippen LogP contribution < -0.4 is 5.43 Å². The van der Waals surface area contributed by atoms with Gasteiger partial charge in [0.05, 0.1) is 11.4 Å². The molecule has 1 aromatic carbocycles. The molecule has 1 amide bonds. The van der Waals surface area contributed by atoms with Crippen molar-refractivity contribution < 1.29 is 9.21 Å². The molecule has 2 aliphatic rings. The Labute approximate surface area is 157 Å². The van der Waals surface area contributed by atoms with Crippen LogP contribution >= 0.6 is 11.8 Å². The van der Waals surface area contributed by atoms with Crippen LogP contribution in [0.15, 0.2) is 39.5 Å². The van der Waals surface area contributed by atoms with Crippen molar-refractivity contribution in [3.8, 4) is 0 Å². The summed E-state index contributed by atoms with van der Waals surface area (Å²) < 4.78 is 5.81. The lowest BCUT2D eigenvalue weighted by molar-refractivity contribution is 0.0635. The van der Waals surface area contributed by atoms with Crippen LogP contribution in [0.5, 0.6) is 0 Å². The normalized spacial score (nSPS) is 21.8. The Morgan fingerprint density at radius 3 is 2.81 bits per heavy atom. The van der Waals surface area contributed by atoms with Crippen LogP contribution in [-0.4, -0.2) is 59.4 Å². The number of hydrogen-bond donors (Lipinski definition) is 0. The summed E-state index contributed by atoms with van der Waals surface area (Å²) in [6, 6.07) is 8.62. The van der Waals surface area contributed by atoms with E-state index in [2.05, 4.69) is 4.90 Å². The van der Waals surface area contributed by atoms with Crippen molar-refractivity contribution >= 4 is 28.6 Å². The van der Waals surface area contributed by atoms with E-state index in [1.54, 1.807) is 18.2 Å². The van der Waals surface area contributed by atoms with Gasteiger partial charge < -0.3 is 14.2 Å². The zero-order valence-corrected chi connectivity index (χ0v) is 15.7. The van der Waals surface area contributed by atoms with Crippen LogP contribution in [-0.2, 0) is 0 Å². The first-order chi connectivity index (χ1) is 12.7. The van der Waals surface area contributed by atoms with Gasteiger partial charge in [-0.25, -0.2) is 0 Å². The van der Waals surface area contributed by atoms with E-state index in [1.807, 2.05) is 22.7 Å². The monoisotopic (exact) mass is 372 g/mol. The van der Waals surface area contributed by atoms with Crippen molar-refractivity contribution in [3.05, 3.63) is 46.3 Å². The fraction of sp³-hybridized carbons (Fsp3) is 0.500. The molecule has 2 aromatic rings. The maximum atomic E-state index is 13.2. The Morgan fingerprint density at radius 2 is 1.96 bits per heavy atom. The largest absolute Gasteiger partial charge is 0.451 e. The second-order valence-electron chi connectivity index (χ2n) is 7.06. The summed E-state index contributed by atoms with van der Waals surface area (Å²) in [6.45, 7) is 3.87. The van der Waals surface area contributed by atoms with Crippen LogP contribution in [0.25, 0.3) is 11.0 Å². The highest BCUT2D eigenvalue weighted by Crippen LogP contribution is 2.22. The molecule has 2 saturated heterocycles. The highest BCUT2D eigenvalue weighted by molar-refractivity contribution is 7.99. The summed E-state index contributed by atoms with van der Waals surface area (Å²) in [5.74, 6) is 2.02. The van der Waals surface area contributed by atoms with Crippen molar-refractivity contribution in [2.75, 3.05) is 37.7 Å². The number of thioether (sulfide) groups is 1. The van der Waals surface area contributed by atoms with E-state index in [0.717, 1.165) is 44.1 Å². The fourth-order valence-electron chi connectivity index (χ4n) is 3.86. The van der Waals surface area contributed by atoms with Crippen LogP contribution in [0.4, 0.5) is 0 Å². The number of amides is 1. The quantitative estimate of drug-likeness (QED) is 0.829. The summed E-state index contributed by atoms with van der Waals surface area (Å²) in [5.41, 5.74) is 0.319. The van der Waals surface area contributed by atoms with E-state index in [0.29, 0.717) is 11.0 Å². The second-order valence-corrected chi connectivity index (χ2v) is 8.21. The van der Waals surface area contributed by atoms with Gasteiger partial charge >= 0.3 is 0 Å². The minimum atomic E-state index is -0.157. The molecular weight excluding hydrogens is 348 g/mol. The zero-order valence-electron chi connectivity index (χ0n) is 14.9. The van der Waals surface area contributed by atoms with Crippen LogP contribution in [0.2, 0.25) is 0 Å². The number of hydrogen-bond acceptors (Lipinski definition) is 5. The molecule has 3 heterocycles. The molecule has 5 nitrogen and oxygen atoms in total. The summed E-state index contributed by atoms with van der Waals surface area (Å²) in [7, 11) is 0. The molecule has 0 saturated carbocycles. The predicted molar refractivity (Wildman–Crippen MR) is 105 cm³/mol. The lowest BCUT2D eigenvalue weighted by Gasteiger charge is -2.32. The Hall–Kier alpha value is -1.79. The van der Waals surface area contributed by atoms with Gasteiger partial charge in [0.1, 0.15) is 5.58 Å². The van der Waals surface area contributed by atoms with Gasteiger partial charge in [-0.1, -0.05) is 12.1 Å². The molecule has 26 heavy (non-hydrogen) atoms. The van der Waals surface area contributed by atoms with E-state index < -0.39 is 0 Å². The molecule has 1 unspecified atom stereocenters.